The Morgan fingerprint density at radius 1 is 1.33 bits per heavy atom. The Hall–Kier alpha value is -1.33. The number of rotatable bonds is 2. The van der Waals surface area contributed by atoms with Gasteiger partial charge in [0.15, 0.2) is 0 Å². The first-order valence-electron chi connectivity index (χ1n) is 6.85. The summed E-state index contributed by atoms with van der Waals surface area (Å²) < 4.78 is 0. The summed E-state index contributed by atoms with van der Waals surface area (Å²) in [5.74, 6) is 0.552. The lowest BCUT2D eigenvalue weighted by Gasteiger charge is -2.46. The van der Waals surface area contributed by atoms with Crippen LogP contribution in [0.4, 0.5) is 0 Å². The smallest absolute Gasteiger partial charge is 0.0853 e. The molecule has 1 heterocycles. The van der Waals surface area contributed by atoms with Gasteiger partial charge in [0.1, 0.15) is 0 Å². The zero-order valence-corrected chi connectivity index (χ0v) is 11.6. The summed E-state index contributed by atoms with van der Waals surface area (Å²) in [6.45, 7) is 5.76. The highest BCUT2D eigenvalue weighted by molar-refractivity contribution is 5.28. The molecule has 1 unspecified atom stereocenters. The maximum atomic E-state index is 9.26. The first kappa shape index (κ1) is 13.1. The van der Waals surface area contributed by atoms with E-state index in [4.69, 9.17) is 0 Å². The van der Waals surface area contributed by atoms with Crippen molar-refractivity contribution in [2.45, 2.75) is 38.1 Å². The van der Waals surface area contributed by atoms with E-state index >= 15 is 0 Å². The number of likely N-dealkylation sites (tertiary alicyclic amines) is 1. The number of nitrogens with one attached hydrogen (secondary N) is 1. The minimum atomic E-state index is 0.0505. The van der Waals surface area contributed by atoms with Crippen molar-refractivity contribution >= 4 is 0 Å². The number of benzene rings is 1. The summed E-state index contributed by atoms with van der Waals surface area (Å²) in [6.07, 6.45) is 1.74. The molecule has 1 fully saturated rings. The summed E-state index contributed by atoms with van der Waals surface area (Å²) in [5.41, 5.74) is 1.40. The predicted molar refractivity (Wildman–Crippen MR) is 73.3 cm³/mol. The second-order valence-electron chi connectivity index (χ2n) is 5.91. The molecule has 2 rings (SSSR count). The van der Waals surface area contributed by atoms with Crippen molar-refractivity contribution in [2.24, 2.45) is 5.92 Å². The van der Waals surface area contributed by atoms with Gasteiger partial charge in [0.2, 0.25) is 0 Å². The van der Waals surface area contributed by atoms with Gasteiger partial charge in [-0.05, 0) is 12.5 Å². The SMILES string of the molecule is C[C@@H]1C[C@@](CC#N)(c2ccccc2)[C@H](C)C[NH+]1C. The van der Waals surface area contributed by atoms with Gasteiger partial charge < -0.3 is 4.90 Å². The normalized spacial score (nSPS) is 36.0. The lowest BCUT2D eigenvalue weighted by Crippen LogP contribution is -3.15. The Labute approximate surface area is 110 Å². The maximum Gasteiger partial charge on any atom is 0.0853 e. The van der Waals surface area contributed by atoms with Crippen LogP contribution in [0, 0.1) is 17.2 Å². The first-order valence-corrected chi connectivity index (χ1v) is 6.85. The van der Waals surface area contributed by atoms with Gasteiger partial charge in [0.05, 0.1) is 25.7 Å². The van der Waals surface area contributed by atoms with Gasteiger partial charge in [-0.2, -0.15) is 5.26 Å². The van der Waals surface area contributed by atoms with Crippen molar-refractivity contribution in [2.75, 3.05) is 13.6 Å². The van der Waals surface area contributed by atoms with Gasteiger partial charge in [0.25, 0.3) is 0 Å². The Morgan fingerprint density at radius 3 is 2.61 bits per heavy atom. The van der Waals surface area contributed by atoms with Gasteiger partial charge in [-0.25, -0.2) is 0 Å². The van der Waals surface area contributed by atoms with E-state index in [0.29, 0.717) is 18.4 Å². The molecule has 0 spiro atoms. The monoisotopic (exact) mass is 243 g/mol. The fourth-order valence-electron chi connectivity index (χ4n) is 3.46. The number of nitrogens with zero attached hydrogens (tertiary/aromatic N) is 1. The van der Waals surface area contributed by atoms with Crippen molar-refractivity contribution in [3.8, 4) is 6.07 Å². The molecule has 1 aromatic carbocycles. The highest BCUT2D eigenvalue weighted by Crippen LogP contribution is 2.40. The van der Waals surface area contributed by atoms with Crippen LogP contribution in [0.2, 0.25) is 0 Å². The van der Waals surface area contributed by atoms with Crippen molar-refractivity contribution in [3.05, 3.63) is 35.9 Å². The average Bonchev–Trinajstić information content (AvgIpc) is 2.37. The highest BCUT2D eigenvalue weighted by atomic mass is 15.1. The molecule has 96 valence electrons. The quantitative estimate of drug-likeness (QED) is 0.842. The van der Waals surface area contributed by atoms with Gasteiger partial charge in [-0.15, -0.1) is 0 Å². The lowest BCUT2D eigenvalue weighted by atomic mass is 9.63. The van der Waals surface area contributed by atoms with Crippen LogP contribution in [-0.4, -0.2) is 19.6 Å². The molecule has 2 heteroatoms. The van der Waals surface area contributed by atoms with Crippen molar-refractivity contribution in [1.82, 2.24) is 0 Å². The highest BCUT2D eigenvalue weighted by Gasteiger charge is 2.45. The average molecular weight is 243 g/mol. The van der Waals surface area contributed by atoms with Crippen molar-refractivity contribution < 1.29 is 4.90 Å². The molecule has 0 radical (unpaired) electrons. The fraction of sp³-hybridized carbons (Fsp3) is 0.562. The van der Waals surface area contributed by atoms with Crippen LogP contribution in [0.25, 0.3) is 0 Å². The fourth-order valence-corrected chi connectivity index (χ4v) is 3.46. The van der Waals surface area contributed by atoms with Crippen LogP contribution in [-0.2, 0) is 5.41 Å². The predicted octanol–water partition coefficient (Wildman–Crippen LogP) is 1.78. The Balaban J connectivity index is 2.41. The minimum absolute atomic E-state index is 0.0505. The number of hydrogen-bond acceptors (Lipinski definition) is 1. The van der Waals surface area contributed by atoms with E-state index in [1.807, 2.05) is 0 Å². The van der Waals surface area contributed by atoms with Gasteiger partial charge >= 0.3 is 0 Å². The third-order valence-corrected chi connectivity index (χ3v) is 4.83. The molecule has 0 amide bonds. The molecule has 1 aliphatic heterocycles. The van der Waals surface area contributed by atoms with Gasteiger partial charge in [-0.1, -0.05) is 37.3 Å². The number of nitriles is 1. The van der Waals surface area contributed by atoms with E-state index in [0.717, 1.165) is 13.0 Å². The van der Waals surface area contributed by atoms with Crippen LogP contribution in [0.15, 0.2) is 30.3 Å². The largest absolute Gasteiger partial charge is 0.335 e. The van der Waals surface area contributed by atoms with E-state index in [1.165, 1.54) is 5.56 Å². The van der Waals surface area contributed by atoms with Crippen LogP contribution in [0.5, 0.6) is 0 Å². The molecule has 0 aromatic heterocycles. The zero-order chi connectivity index (χ0) is 13.2. The first-order chi connectivity index (χ1) is 8.60. The summed E-state index contributed by atoms with van der Waals surface area (Å²) in [6, 6.07) is 13.7. The molecule has 1 saturated heterocycles. The van der Waals surface area contributed by atoms with E-state index in [9.17, 15) is 5.26 Å². The van der Waals surface area contributed by atoms with Crippen LogP contribution in [0.3, 0.4) is 0 Å². The molecule has 0 bridgehead atoms. The molecule has 0 saturated carbocycles. The van der Waals surface area contributed by atoms with Crippen molar-refractivity contribution in [1.29, 1.82) is 5.26 Å². The van der Waals surface area contributed by atoms with Crippen molar-refractivity contribution in [3.63, 3.8) is 0 Å². The lowest BCUT2D eigenvalue weighted by molar-refractivity contribution is -0.915. The third-order valence-electron chi connectivity index (χ3n) is 4.83. The second-order valence-corrected chi connectivity index (χ2v) is 5.91. The topological polar surface area (TPSA) is 28.2 Å². The molecule has 18 heavy (non-hydrogen) atoms. The van der Waals surface area contributed by atoms with Gasteiger partial charge in [0, 0.05) is 24.2 Å². The summed E-state index contributed by atoms with van der Waals surface area (Å²) in [4.78, 5) is 1.59. The number of piperidine rings is 1. The standard InChI is InChI=1S/C16H22N2/c1-13-12-18(3)14(2)11-16(13,9-10-17)15-7-5-4-6-8-15/h4-8,13-14H,9,11-12H2,1-3H3/p+1/t13-,14-,16-/m1/s1. The van der Waals surface area contributed by atoms with Crippen LogP contribution >= 0.6 is 0 Å². The van der Waals surface area contributed by atoms with Crippen LogP contribution in [0.1, 0.15) is 32.3 Å². The Morgan fingerprint density at radius 2 is 2.00 bits per heavy atom. The summed E-state index contributed by atoms with van der Waals surface area (Å²) in [7, 11) is 2.27. The maximum absolute atomic E-state index is 9.26. The molecular weight excluding hydrogens is 220 g/mol. The van der Waals surface area contributed by atoms with E-state index in [1.54, 1.807) is 4.90 Å². The molecule has 1 aliphatic rings. The minimum Gasteiger partial charge on any atom is -0.335 e. The third kappa shape index (κ3) is 2.15. The summed E-state index contributed by atoms with van der Waals surface area (Å²) in [5, 5.41) is 9.26. The molecule has 0 aliphatic carbocycles. The molecule has 2 nitrogen and oxygen atoms in total. The Kier molecular flexibility index (Phi) is 3.73. The Bertz CT molecular complexity index is 434. The summed E-state index contributed by atoms with van der Waals surface area (Å²) >= 11 is 0. The molecule has 1 aromatic rings. The van der Waals surface area contributed by atoms with E-state index in [2.05, 4.69) is 57.3 Å². The van der Waals surface area contributed by atoms with Crippen LogP contribution < -0.4 is 4.90 Å². The number of quaternary nitrogens is 1. The zero-order valence-electron chi connectivity index (χ0n) is 11.6. The molecular formula is C16H23N2+. The van der Waals surface area contributed by atoms with E-state index in [-0.39, 0.29) is 5.41 Å². The van der Waals surface area contributed by atoms with Gasteiger partial charge in [-0.3, -0.25) is 0 Å². The second kappa shape index (κ2) is 5.12. The van der Waals surface area contributed by atoms with E-state index < -0.39 is 0 Å². The molecule has 4 atom stereocenters. The number of hydrogen-bond donors (Lipinski definition) is 1. The molecule has 1 N–H and O–H groups in total.